The fourth-order valence-corrected chi connectivity index (χ4v) is 3.09. The SMILES string of the molecule is CC1(CI)CCC(C)(C2CCCO2)O1. The van der Waals surface area contributed by atoms with Gasteiger partial charge in [-0.3, -0.25) is 0 Å². The van der Waals surface area contributed by atoms with E-state index in [1.165, 1.54) is 19.3 Å². The van der Waals surface area contributed by atoms with Crippen molar-refractivity contribution in [2.24, 2.45) is 0 Å². The molecule has 2 saturated heterocycles. The first-order valence-corrected chi connectivity index (χ1v) is 6.98. The molecular formula is C11H19IO2. The Balaban J connectivity index is 2.04. The molecule has 3 heteroatoms. The largest absolute Gasteiger partial charge is 0.375 e. The maximum Gasteiger partial charge on any atom is 0.0923 e. The molecule has 0 aromatic carbocycles. The second-order valence-electron chi connectivity index (χ2n) is 5.00. The van der Waals surface area contributed by atoms with Crippen LogP contribution >= 0.6 is 22.6 Å². The van der Waals surface area contributed by atoms with Crippen molar-refractivity contribution in [3.05, 3.63) is 0 Å². The van der Waals surface area contributed by atoms with Gasteiger partial charge in [0.25, 0.3) is 0 Å². The van der Waals surface area contributed by atoms with Gasteiger partial charge in [0.05, 0.1) is 17.3 Å². The molecule has 0 bridgehead atoms. The Bertz CT molecular complexity index is 215. The third-order valence-corrected chi connectivity index (χ3v) is 5.14. The minimum absolute atomic E-state index is 0.0174. The summed E-state index contributed by atoms with van der Waals surface area (Å²) in [6, 6.07) is 0. The van der Waals surface area contributed by atoms with Gasteiger partial charge in [0.2, 0.25) is 0 Å². The smallest absolute Gasteiger partial charge is 0.0923 e. The Morgan fingerprint density at radius 1 is 1.36 bits per heavy atom. The molecule has 3 atom stereocenters. The monoisotopic (exact) mass is 310 g/mol. The zero-order valence-corrected chi connectivity index (χ0v) is 11.2. The highest BCUT2D eigenvalue weighted by Crippen LogP contribution is 2.43. The maximum atomic E-state index is 6.24. The van der Waals surface area contributed by atoms with Gasteiger partial charge in [-0.2, -0.15) is 0 Å². The van der Waals surface area contributed by atoms with E-state index in [0.717, 1.165) is 17.5 Å². The Labute approximate surface area is 99.9 Å². The lowest BCUT2D eigenvalue weighted by Gasteiger charge is -2.33. The normalized spacial score (nSPS) is 48.6. The lowest BCUT2D eigenvalue weighted by Crippen LogP contribution is -2.41. The van der Waals surface area contributed by atoms with E-state index < -0.39 is 0 Å². The second kappa shape index (κ2) is 3.91. The van der Waals surface area contributed by atoms with Crippen molar-refractivity contribution in [1.29, 1.82) is 0 Å². The van der Waals surface area contributed by atoms with Crippen molar-refractivity contribution in [2.75, 3.05) is 11.0 Å². The minimum Gasteiger partial charge on any atom is -0.375 e. The summed E-state index contributed by atoms with van der Waals surface area (Å²) in [5, 5.41) is 0. The lowest BCUT2D eigenvalue weighted by atomic mass is 9.92. The predicted molar refractivity (Wildman–Crippen MR) is 65.0 cm³/mol. The first kappa shape index (κ1) is 11.1. The van der Waals surface area contributed by atoms with Crippen LogP contribution in [0.4, 0.5) is 0 Å². The van der Waals surface area contributed by atoms with Gasteiger partial charge in [0, 0.05) is 11.0 Å². The lowest BCUT2D eigenvalue weighted by molar-refractivity contribution is -0.135. The molecular weight excluding hydrogens is 291 g/mol. The fourth-order valence-electron chi connectivity index (χ4n) is 2.56. The van der Waals surface area contributed by atoms with Crippen LogP contribution in [0.1, 0.15) is 39.5 Å². The van der Waals surface area contributed by atoms with E-state index in [4.69, 9.17) is 9.47 Å². The van der Waals surface area contributed by atoms with Gasteiger partial charge in [-0.25, -0.2) is 0 Å². The van der Waals surface area contributed by atoms with E-state index in [1.807, 2.05) is 0 Å². The molecule has 2 rings (SSSR count). The molecule has 0 spiro atoms. The topological polar surface area (TPSA) is 18.5 Å². The first-order valence-electron chi connectivity index (χ1n) is 5.46. The van der Waals surface area contributed by atoms with E-state index in [1.54, 1.807) is 0 Å². The van der Waals surface area contributed by atoms with Crippen molar-refractivity contribution in [1.82, 2.24) is 0 Å². The fraction of sp³-hybridized carbons (Fsp3) is 1.00. The molecule has 0 aromatic heterocycles. The molecule has 0 saturated carbocycles. The highest BCUT2D eigenvalue weighted by molar-refractivity contribution is 14.1. The summed E-state index contributed by atoms with van der Waals surface area (Å²) >= 11 is 2.42. The number of hydrogen-bond acceptors (Lipinski definition) is 2. The molecule has 0 aliphatic carbocycles. The van der Waals surface area contributed by atoms with Gasteiger partial charge in [-0.05, 0) is 39.5 Å². The van der Waals surface area contributed by atoms with E-state index >= 15 is 0 Å². The van der Waals surface area contributed by atoms with Crippen LogP contribution in [0.15, 0.2) is 0 Å². The summed E-state index contributed by atoms with van der Waals surface area (Å²) in [6.45, 7) is 5.37. The molecule has 3 unspecified atom stereocenters. The third kappa shape index (κ3) is 1.95. The standard InChI is InChI=1S/C11H19IO2/c1-10(8-12)5-6-11(2,14-10)9-4-3-7-13-9/h9H,3-8H2,1-2H3. The van der Waals surface area contributed by atoms with Crippen LogP contribution < -0.4 is 0 Å². The average Bonchev–Trinajstić information content (AvgIpc) is 2.75. The van der Waals surface area contributed by atoms with Crippen molar-refractivity contribution >= 4 is 22.6 Å². The molecule has 0 amide bonds. The Morgan fingerprint density at radius 2 is 2.14 bits per heavy atom. The van der Waals surface area contributed by atoms with Gasteiger partial charge >= 0.3 is 0 Å². The zero-order chi connectivity index (χ0) is 10.2. The molecule has 2 heterocycles. The van der Waals surface area contributed by atoms with Crippen molar-refractivity contribution in [3.63, 3.8) is 0 Å². The zero-order valence-electron chi connectivity index (χ0n) is 9.01. The summed E-state index contributed by atoms with van der Waals surface area (Å²) in [6.07, 6.45) is 5.04. The predicted octanol–water partition coefficient (Wildman–Crippen LogP) is 2.93. The molecule has 2 aliphatic rings. The molecule has 0 radical (unpaired) electrons. The van der Waals surface area contributed by atoms with E-state index in [2.05, 4.69) is 36.4 Å². The van der Waals surface area contributed by atoms with E-state index in [9.17, 15) is 0 Å². The molecule has 0 N–H and O–H groups in total. The highest BCUT2D eigenvalue weighted by Gasteiger charge is 2.48. The highest BCUT2D eigenvalue weighted by atomic mass is 127. The molecule has 2 fully saturated rings. The average molecular weight is 310 g/mol. The van der Waals surface area contributed by atoms with Crippen LogP contribution in [-0.2, 0) is 9.47 Å². The molecule has 2 aliphatic heterocycles. The summed E-state index contributed by atoms with van der Waals surface area (Å²) in [4.78, 5) is 0. The first-order chi connectivity index (χ1) is 6.58. The quantitative estimate of drug-likeness (QED) is 0.577. The van der Waals surface area contributed by atoms with E-state index in [-0.39, 0.29) is 11.2 Å². The van der Waals surface area contributed by atoms with Gasteiger partial charge in [-0.1, -0.05) is 22.6 Å². The van der Waals surface area contributed by atoms with Gasteiger partial charge < -0.3 is 9.47 Å². The minimum atomic E-state index is -0.0174. The number of ether oxygens (including phenoxy) is 2. The van der Waals surface area contributed by atoms with Gasteiger partial charge in [0.15, 0.2) is 0 Å². The van der Waals surface area contributed by atoms with Crippen molar-refractivity contribution < 1.29 is 9.47 Å². The van der Waals surface area contributed by atoms with Crippen LogP contribution in [-0.4, -0.2) is 28.3 Å². The number of halogens is 1. The molecule has 0 aromatic rings. The summed E-state index contributed by atoms with van der Waals surface area (Å²) in [5.74, 6) is 0. The molecule has 82 valence electrons. The third-order valence-electron chi connectivity index (χ3n) is 3.52. The summed E-state index contributed by atoms with van der Waals surface area (Å²) in [5.41, 5.74) is 0.0671. The van der Waals surface area contributed by atoms with Crippen molar-refractivity contribution in [3.8, 4) is 0 Å². The molecule has 2 nitrogen and oxygen atoms in total. The van der Waals surface area contributed by atoms with Crippen LogP contribution in [0, 0.1) is 0 Å². The Kier molecular flexibility index (Phi) is 3.11. The summed E-state index contributed by atoms with van der Waals surface area (Å²) < 4.78 is 13.1. The van der Waals surface area contributed by atoms with Crippen LogP contribution in [0.3, 0.4) is 0 Å². The summed E-state index contributed by atoms with van der Waals surface area (Å²) in [7, 11) is 0. The van der Waals surface area contributed by atoms with Crippen LogP contribution in [0.2, 0.25) is 0 Å². The van der Waals surface area contributed by atoms with Gasteiger partial charge in [0.1, 0.15) is 0 Å². The van der Waals surface area contributed by atoms with Crippen LogP contribution in [0.25, 0.3) is 0 Å². The Morgan fingerprint density at radius 3 is 2.64 bits per heavy atom. The maximum absolute atomic E-state index is 6.24. The van der Waals surface area contributed by atoms with E-state index in [0.29, 0.717) is 6.10 Å². The second-order valence-corrected chi connectivity index (χ2v) is 5.76. The Hall–Kier alpha value is 0.650. The number of rotatable bonds is 2. The van der Waals surface area contributed by atoms with Crippen molar-refractivity contribution in [2.45, 2.75) is 56.8 Å². The van der Waals surface area contributed by atoms with Crippen LogP contribution in [0.5, 0.6) is 0 Å². The van der Waals surface area contributed by atoms with Gasteiger partial charge in [-0.15, -0.1) is 0 Å². The molecule has 14 heavy (non-hydrogen) atoms. The number of alkyl halides is 1. The number of hydrogen-bond donors (Lipinski definition) is 0.